The average molecular weight is 411 g/mol. The van der Waals surface area contributed by atoms with Gasteiger partial charge in [-0.2, -0.15) is 0 Å². The summed E-state index contributed by atoms with van der Waals surface area (Å²) in [6, 6.07) is 16.1. The number of nitrogens with zero attached hydrogens (tertiary/aromatic N) is 2. The summed E-state index contributed by atoms with van der Waals surface area (Å²) in [5.41, 5.74) is 2.55. The highest BCUT2D eigenvalue weighted by atomic mass is 16.5. The van der Waals surface area contributed by atoms with E-state index >= 15 is 0 Å². The van der Waals surface area contributed by atoms with Gasteiger partial charge in [-0.05, 0) is 30.0 Å². The van der Waals surface area contributed by atoms with E-state index in [0.717, 1.165) is 22.4 Å². The van der Waals surface area contributed by atoms with Gasteiger partial charge >= 0.3 is 0 Å². The van der Waals surface area contributed by atoms with Crippen LogP contribution in [0.2, 0.25) is 0 Å². The molecular weight excluding hydrogens is 380 g/mol. The van der Waals surface area contributed by atoms with Crippen LogP contribution in [0.15, 0.2) is 48.5 Å². The normalized spacial score (nSPS) is 18.3. The van der Waals surface area contributed by atoms with Crippen molar-refractivity contribution in [3.05, 3.63) is 54.1 Å². The average Bonchev–Trinajstić information content (AvgIpc) is 3.19. The fraction of sp³-hybridized carbons (Fsp3) is 0.417. The quantitative estimate of drug-likeness (QED) is 0.704. The Kier molecular flexibility index (Phi) is 6.77. The highest BCUT2D eigenvalue weighted by Gasteiger charge is 2.46. The second-order valence-corrected chi connectivity index (χ2v) is 8.05. The minimum absolute atomic E-state index is 0.0415. The molecule has 1 heterocycles. The molecule has 160 valence electrons. The van der Waals surface area contributed by atoms with Crippen LogP contribution in [-0.4, -0.2) is 69.6 Å². The molecule has 2 aromatic rings. The fourth-order valence-corrected chi connectivity index (χ4v) is 4.24. The first-order valence-corrected chi connectivity index (χ1v) is 10.1. The molecule has 1 aliphatic heterocycles. The summed E-state index contributed by atoms with van der Waals surface area (Å²) in [5.74, 6) is 0.814. The lowest BCUT2D eigenvalue weighted by atomic mass is 9.79. The van der Waals surface area contributed by atoms with Crippen molar-refractivity contribution in [3.63, 3.8) is 0 Å². The van der Waals surface area contributed by atoms with E-state index in [-0.39, 0.29) is 18.4 Å². The Morgan fingerprint density at radius 1 is 1.07 bits per heavy atom. The molecule has 0 spiro atoms. The Labute approximate surface area is 178 Å². The molecule has 1 aliphatic rings. The van der Waals surface area contributed by atoms with Gasteiger partial charge in [-0.15, -0.1) is 0 Å². The maximum Gasteiger partial charge on any atom is 0.248 e. The third-order valence-corrected chi connectivity index (χ3v) is 5.75. The number of hydrogen-bond donors (Lipinski definition) is 0. The molecule has 6 heteroatoms. The Morgan fingerprint density at radius 3 is 2.40 bits per heavy atom. The van der Waals surface area contributed by atoms with E-state index in [2.05, 4.69) is 24.3 Å². The molecule has 0 bridgehead atoms. The maximum absolute atomic E-state index is 13.1. The first-order chi connectivity index (χ1) is 14.4. The number of amides is 2. The number of carbonyl (C=O) groups is 2. The zero-order valence-corrected chi connectivity index (χ0v) is 18.2. The van der Waals surface area contributed by atoms with E-state index in [1.54, 1.807) is 31.0 Å². The third-order valence-electron chi connectivity index (χ3n) is 5.75. The first-order valence-electron chi connectivity index (χ1n) is 10.1. The van der Waals surface area contributed by atoms with Gasteiger partial charge in [0.2, 0.25) is 11.8 Å². The van der Waals surface area contributed by atoms with Crippen molar-refractivity contribution in [2.24, 2.45) is 5.41 Å². The van der Waals surface area contributed by atoms with Gasteiger partial charge in [0.05, 0.1) is 12.5 Å². The molecule has 1 fully saturated rings. The van der Waals surface area contributed by atoms with E-state index < -0.39 is 5.41 Å². The van der Waals surface area contributed by atoms with Gasteiger partial charge in [-0.3, -0.25) is 9.59 Å². The molecule has 0 saturated carbocycles. The second kappa shape index (κ2) is 9.30. The Morgan fingerprint density at radius 2 is 1.77 bits per heavy atom. The SMILES string of the molecule is COCC(=O)N1CC[C@@](Cc2ccc(-c3ccccc3OC)cc2)(C(=O)N(C)C)C1. The van der Waals surface area contributed by atoms with Crippen LogP contribution in [0.5, 0.6) is 5.75 Å². The summed E-state index contributed by atoms with van der Waals surface area (Å²) in [5, 5.41) is 0. The molecule has 1 atom stereocenters. The van der Waals surface area contributed by atoms with E-state index in [0.29, 0.717) is 25.9 Å². The molecule has 30 heavy (non-hydrogen) atoms. The number of hydrogen-bond acceptors (Lipinski definition) is 4. The number of methoxy groups -OCH3 is 2. The molecular formula is C24H30N2O4. The van der Waals surface area contributed by atoms with Gasteiger partial charge < -0.3 is 19.3 Å². The largest absolute Gasteiger partial charge is 0.496 e. The lowest BCUT2D eigenvalue weighted by Gasteiger charge is -2.31. The molecule has 6 nitrogen and oxygen atoms in total. The van der Waals surface area contributed by atoms with Crippen molar-refractivity contribution in [1.82, 2.24) is 9.80 Å². The molecule has 3 rings (SSSR count). The van der Waals surface area contributed by atoms with Gasteiger partial charge in [0.1, 0.15) is 12.4 Å². The molecule has 0 radical (unpaired) electrons. The lowest BCUT2D eigenvalue weighted by Crippen LogP contribution is -2.45. The fourth-order valence-electron chi connectivity index (χ4n) is 4.24. The van der Waals surface area contributed by atoms with Crippen LogP contribution >= 0.6 is 0 Å². The van der Waals surface area contributed by atoms with Crippen LogP contribution in [0, 0.1) is 5.41 Å². The monoisotopic (exact) mass is 410 g/mol. The van der Waals surface area contributed by atoms with Gasteiger partial charge in [-0.25, -0.2) is 0 Å². The summed E-state index contributed by atoms with van der Waals surface area (Å²) >= 11 is 0. The Bertz CT molecular complexity index is 894. The lowest BCUT2D eigenvalue weighted by molar-refractivity contribution is -0.140. The minimum atomic E-state index is -0.612. The van der Waals surface area contributed by atoms with Crippen molar-refractivity contribution < 1.29 is 19.1 Å². The standard InChI is InChI=1S/C24H30N2O4/c1-25(2)23(28)24(13-14-26(17-24)22(27)16-29-3)15-18-9-11-19(12-10-18)20-7-5-6-8-21(20)30-4/h5-12H,13-17H2,1-4H3/t24-/m0/s1. The number of para-hydroxylation sites is 1. The molecule has 0 unspecified atom stereocenters. The first kappa shape index (κ1) is 21.8. The van der Waals surface area contributed by atoms with Crippen molar-refractivity contribution >= 4 is 11.8 Å². The molecule has 2 amide bonds. The Hall–Kier alpha value is -2.86. The van der Waals surface area contributed by atoms with Crippen LogP contribution in [0.1, 0.15) is 12.0 Å². The highest BCUT2D eigenvalue weighted by molar-refractivity contribution is 5.85. The summed E-state index contributed by atoms with van der Waals surface area (Å²) in [7, 11) is 6.72. The van der Waals surface area contributed by atoms with Gasteiger partial charge in [-0.1, -0.05) is 42.5 Å². The number of rotatable bonds is 7. The van der Waals surface area contributed by atoms with E-state index in [1.807, 2.05) is 24.3 Å². The van der Waals surface area contributed by atoms with E-state index in [9.17, 15) is 9.59 Å². The number of benzene rings is 2. The molecule has 0 N–H and O–H groups in total. The topological polar surface area (TPSA) is 59.1 Å². The van der Waals surface area contributed by atoms with Gasteiger partial charge in [0.15, 0.2) is 0 Å². The molecule has 2 aromatic carbocycles. The smallest absolute Gasteiger partial charge is 0.248 e. The summed E-state index contributed by atoms with van der Waals surface area (Å²) in [6.07, 6.45) is 1.24. The van der Waals surface area contributed by atoms with Crippen molar-refractivity contribution in [2.45, 2.75) is 12.8 Å². The molecule has 0 aliphatic carbocycles. The van der Waals surface area contributed by atoms with Crippen LogP contribution in [0.25, 0.3) is 11.1 Å². The van der Waals surface area contributed by atoms with Gasteiger partial charge in [0.25, 0.3) is 0 Å². The van der Waals surface area contributed by atoms with Crippen molar-refractivity contribution in [1.29, 1.82) is 0 Å². The summed E-state index contributed by atoms with van der Waals surface area (Å²) < 4.78 is 10.5. The maximum atomic E-state index is 13.1. The second-order valence-electron chi connectivity index (χ2n) is 8.05. The van der Waals surface area contributed by atoms with E-state index in [4.69, 9.17) is 9.47 Å². The number of likely N-dealkylation sites (tertiary alicyclic amines) is 1. The van der Waals surface area contributed by atoms with Crippen molar-refractivity contribution in [3.8, 4) is 16.9 Å². The zero-order valence-electron chi connectivity index (χ0n) is 18.2. The predicted molar refractivity (Wildman–Crippen MR) is 116 cm³/mol. The van der Waals surface area contributed by atoms with Crippen LogP contribution < -0.4 is 4.74 Å². The molecule has 1 saturated heterocycles. The minimum Gasteiger partial charge on any atom is -0.496 e. The highest BCUT2D eigenvalue weighted by Crippen LogP contribution is 2.37. The Balaban J connectivity index is 1.83. The van der Waals surface area contributed by atoms with Crippen LogP contribution in [0.4, 0.5) is 0 Å². The predicted octanol–water partition coefficient (Wildman–Crippen LogP) is 2.86. The van der Waals surface area contributed by atoms with Gasteiger partial charge in [0, 0.05) is 39.9 Å². The van der Waals surface area contributed by atoms with Crippen molar-refractivity contribution in [2.75, 3.05) is 48.0 Å². The number of ether oxygens (including phenoxy) is 2. The number of carbonyl (C=O) groups excluding carboxylic acids is 2. The summed E-state index contributed by atoms with van der Waals surface area (Å²) in [6.45, 7) is 1.03. The third kappa shape index (κ3) is 4.49. The zero-order chi connectivity index (χ0) is 21.7. The molecule has 0 aromatic heterocycles. The van der Waals surface area contributed by atoms with Crippen LogP contribution in [-0.2, 0) is 20.7 Å². The van der Waals surface area contributed by atoms with E-state index in [1.165, 1.54) is 7.11 Å². The summed E-state index contributed by atoms with van der Waals surface area (Å²) in [4.78, 5) is 28.8. The van der Waals surface area contributed by atoms with Crippen LogP contribution in [0.3, 0.4) is 0 Å².